The molecule has 0 saturated carbocycles. The van der Waals surface area contributed by atoms with Crippen molar-refractivity contribution >= 4 is 17.7 Å². The molecule has 1 heterocycles. The van der Waals surface area contributed by atoms with Gasteiger partial charge in [-0.25, -0.2) is 4.98 Å². The van der Waals surface area contributed by atoms with Gasteiger partial charge in [-0.05, 0) is 29.8 Å². The highest BCUT2D eigenvalue weighted by atomic mass is 19.4. The predicted molar refractivity (Wildman–Crippen MR) is 79.9 cm³/mol. The Kier molecular flexibility index (Phi) is 5.00. The molecule has 0 spiro atoms. The maximum Gasteiger partial charge on any atom is 0.416 e. The van der Waals surface area contributed by atoms with E-state index in [0.717, 1.165) is 18.2 Å². The molecular weight excluding hydrogens is 309 g/mol. The predicted octanol–water partition coefficient (Wildman–Crippen LogP) is 3.76. The standard InChI is InChI=1S/C16H13F3N2O2/c1-23-15-8-6-13(10-20-15)21-14(22)7-5-11-3-2-4-12(9-11)16(17,18)19/h2-10H,1H3,(H,21,22). The van der Waals surface area contributed by atoms with Crippen molar-refractivity contribution in [2.24, 2.45) is 0 Å². The summed E-state index contributed by atoms with van der Waals surface area (Å²) >= 11 is 0. The van der Waals surface area contributed by atoms with Gasteiger partial charge in [0.05, 0.1) is 24.6 Å². The van der Waals surface area contributed by atoms with Crippen LogP contribution >= 0.6 is 0 Å². The van der Waals surface area contributed by atoms with Gasteiger partial charge in [0.2, 0.25) is 11.8 Å². The van der Waals surface area contributed by atoms with Gasteiger partial charge in [-0.15, -0.1) is 0 Å². The van der Waals surface area contributed by atoms with Crippen LogP contribution in [0.15, 0.2) is 48.7 Å². The molecule has 0 aliphatic carbocycles. The molecule has 0 bridgehead atoms. The van der Waals surface area contributed by atoms with Crippen molar-refractivity contribution in [2.75, 3.05) is 12.4 Å². The number of carbonyl (C=O) groups is 1. The highest BCUT2D eigenvalue weighted by Crippen LogP contribution is 2.29. The Balaban J connectivity index is 2.03. The van der Waals surface area contributed by atoms with Crippen LogP contribution in [0.4, 0.5) is 18.9 Å². The molecule has 4 nitrogen and oxygen atoms in total. The van der Waals surface area contributed by atoms with Crippen molar-refractivity contribution in [1.82, 2.24) is 4.98 Å². The minimum atomic E-state index is -4.42. The molecule has 0 atom stereocenters. The summed E-state index contributed by atoms with van der Waals surface area (Å²) in [5.41, 5.74) is -0.0354. The van der Waals surface area contributed by atoms with Gasteiger partial charge in [-0.3, -0.25) is 4.79 Å². The number of nitrogens with one attached hydrogen (secondary N) is 1. The summed E-state index contributed by atoms with van der Waals surface area (Å²) in [6, 6.07) is 7.88. The van der Waals surface area contributed by atoms with Crippen molar-refractivity contribution < 1.29 is 22.7 Å². The normalized spacial score (nSPS) is 11.5. The first-order valence-corrected chi connectivity index (χ1v) is 6.55. The molecule has 1 aromatic carbocycles. The lowest BCUT2D eigenvalue weighted by molar-refractivity contribution is -0.137. The molecule has 0 fully saturated rings. The number of hydrogen-bond acceptors (Lipinski definition) is 3. The SMILES string of the molecule is COc1ccc(NC(=O)C=Cc2cccc(C(F)(F)F)c2)cn1. The lowest BCUT2D eigenvalue weighted by atomic mass is 10.1. The third kappa shape index (κ3) is 4.84. The molecule has 0 aliphatic heterocycles. The zero-order chi connectivity index (χ0) is 16.9. The van der Waals surface area contributed by atoms with Gasteiger partial charge in [0.25, 0.3) is 0 Å². The lowest BCUT2D eigenvalue weighted by Gasteiger charge is -2.06. The second kappa shape index (κ2) is 6.95. The topological polar surface area (TPSA) is 51.2 Å². The first-order chi connectivity index (χ1) is 10.9. The number of pyridine rings is 1. The average molecular weight is 322 g/mol. The van der Waals surface area contributed by atoms with Crippen LogP contribution < -0.4 is 10.1 Å². The second-order valence-corrected chi connectivity index (χ2v) is 4.54. The number of alkyl halides is 3. The number of rotatable bonds is 4. The minimum Gasteiger partial charge on any atom is -0.481 e. The Morgan fingerprint density at radius 1 is 1.26 bits per heavy atom. The molecule has 1 amide bonds. The smallest absolute Gasteiger partial charge is 0.416 e. The van der Waals surface area contributed by atoms with Crippen LogP contribution in [0.5, 0.6) is 5.88 Å². The number of benzene rings is 1. The fourth-order valence-electron chi connectivity index (χ4n) is 1.75. The van der Waals surface area contributed by atoms with Crippen LogP contribution in [0.2, 0.25) is 0 Å². The third-order valence-electron chi connectivity index (χ3n) is 2.85. The number of carbonyl (C=O) groups excluding carboxylic acids is 1. The average Bonchev–Trinajstić information content (AvgIpc) is 2.53. The van der Waals surface area contributed by atoms with E-state index in [1.807, 2.05) is 0 Å². The van der Waals surface area contributed by atoms with E-state index in [1.165, 1.54) is 31.5 Å². The van der Waals surface area contributed by atoms with Crippen LogP contribution in [-0.4, -0.2) is 18.0 Å². The minimum absolute atomic E-state index is 0.280. The van der Waals surface area contributed by atoms with E-state index in [0.29, 0.717) is 11.6 Å². The molecule has 7 heteroatoms. The maximum absolute atomic E-state index is 12.6. The molecule has 0 unspecified atom stereocenters. The van der Waals surface area contributed by atoms with Crippen molar-refractivity contribution in [3.8, 4) is 5.88 Å². The molecule has 1 aromatic heterocycles. The van der Waals surface area contributed by atoms with Gasteiger partial charge in [-0.1, -0.05) is 12.1 Å². The fraction of sp³-hybridized carbons (Fsp3) is 0.125. The summed E-state index contributed by atoms with van der Waals surface area (Å²) in [6.07, 6.45) is -0.545. The van der Waals surface area contributed by atoms with Gasteiger partial charge >= 0.3 is 6.18 Å². The molecule has 0 aliphatic rings. The number of aromatic nitrogens is 1. The number of ether oxygens (including phenoxy) is 1. The molecule has 0 saturated heterocycles. The van der Waals surface area contributed by atoms with Crippen molar-refractivity contribution in [3.05, 3.63) is 59.8 Å². The monoisotopic (exact) mass is 322 g/mol. The van der Waals surface area contributed by atoms with E-state index in [2.05, 4.69) is 10.3 Å². The van der Waals surface area contributed by atoms with Crippen LogP contribution in [-0.2, 0) is 11.0 Å². The quantitative estimate of drug-likeness (QED) is 0.872. The highest BCUT2D eigenvalue weighted by molar-refractivity contribution is 6.01. The van der Waals surface area contributed by atoms with Crippen molar-refractivity contribution in [2.45, 2.75) is 6.18 Å². The Bertz CT molecular complexity index is 710. The molecule has 2 rings (SSSR count). The maximum atomic E-state index is 12.6. The number of halogens is 3. The second-order valence-electron chi connectivity index (χ2n) is 4.54. The summed E-state index contributed by atoms with van der Waals surface area (Å²) in [7, 11) is 1.47. The summed E-state index contributed by atoms with van der Waals surface area (Å²) in [6.45, 7) is 0. The van der Waals surface area contributed by atoms with Crippen LogP contribution in [0.1, 0.15) is 11.1 Å². The summed E-state index contributed by atoms with van der Waals surface area (Å²) < 4.78 is 42.7. The number of amides is 1. The van der Waals surface area contributed by atoms with E-state index in [9.17, 15) is 18.0 Å². The van der Waals surface area contributed by atoms with Gasteiger partial charge < -0.3 is 10.1 Å². The van der Waals surface area contributed by atoms with Crippen molar-refractivity contribution in [1.29, 1.82) is 0 Å². The van der Waals surface area contributed by atoms with Gasteiger partial charge in [0.1, 0.15) is 0 Å². The van der Waals surface area contributed by atoms with E-state index in [1.54, 1.807) is 12.1 Å². The molecular formula is C16H13F3N2O2. The zero-order valence-corrected chi connectivity index (χ0v) is 12.1. The Morgan fingerprint density at radius 3 is 2.65 bits per heavy atom. The van der Waals surface area contributed by atoms with Crippen LogP contribution in [0.25, 0.3) is 6.08 Å². The van der Waals surface area contributed by atoms with Gasteiger partial charge in [0.15, 0.2) is 0 Å². The van der Waals surface area contributed by atoms with E-state index in [4.69, 9.17) is 4.74 Å². The van der Waals surface area contributed by atoms with Gasteiger partial charge in [-0.2, -0.15) is 13.2 Å². The Labute approximate surface area is 130 Å². The summed E-state index contributed by atoms with van der Waals surface area (Å²) in [5, 5.41) is 2.54. The van der Waals surface area contributed by atoms with E-state index in [-0.39, 0.29) is 5.56 Å². The number of methoxy groups -OCH3 is 1. The molecule has 23 heavy (non-hydrogen) atoms. The van der Waals surface area contributed by atoms with E-state index < -0.39 is 17.6 Å². The molecule has 1 N–H and O–H groups in total. The zero-order valence-electron chi connectivity index (χ0n) is 12.1. The highest BCUT2D eigenvalue weighted by Gasteiger charge is 2.30. The Hall–Kier alpha value is -2.83. The fourth-order valence-corrected chi connectivity index (χ4v) is 1.75. The lowest BCUT2D eigenvalue weighted by Crippen LogP contribution is -2.08. The van der Waals surface area contributed by atoms with Crippen LogP contribution in [0, 0.1) is 0 Å². The van der Waals surface area contributed by atoms with Gasteiger partial charge in [0, 0.05) is 12.1 Å². The van der Waals surface area contributed by atoms with Crippen molar-refractivity contribution in [3.63, 3.8) is 0 Å². The Morgan fingerprint density at radius 2 is 2.04 bits per heavy atom. The first kappa shape index (κ1) is 16.5. The summed E-state index contributed by atoms with van der Waals surface area (Å²) in [5.74, 6) is -0.0723. The largest absolute Gasteiger partial charge is 0.481 e. The number of nitrogens with zero attached hydrogens (tertiary/aromatic N) is 1. The van der Waals surface area contributed by atoms with Crippen LogP contribution in [0.3, 0.4) is 0 Å². The first-order valence-electron chi connectivity index (χ1n) is 6.55. The number of hydrogen-bond donors (Lipinski definition) is 1. The van der Waals surface area contributed by atoms with E-state index >= 15 is 0 Å². The molecule has 120 valence electrons. The summed E-state index contributed by atoms with van der Waals surface area (Å²) in [4.78, 5) is 15.7. The third-order valence-corrected chi connectivity index (χ3v) is 2.85. The number of anilines is 1. The molecule has 2 aromatic rings. The molecule has 0 radical (unpaired) electrons.